The number of likely N-dealkylation sites (tertiary alicyclic amines) is 1. The highest BCUT2D eigenvalue weighted by Gasteiger charge is 2.55. The zero-order valence-electron chi connectivity index (χ0n) is 46.6. The standard InChI is InChI=1S/C59H70ClN6O11S2/c1-37-61-53(63-79-37)50(62-77-59(5,6)58(2,3)4)47(67)31-46-55(69)65-51(57(70)76-35-40-17-23-44(73-10)24-18-40)41(36-78-56(46)65)32-66(28-11-12-29-66)30-27-64(7)54(68)45-25-26-48(74-33-38-13-19-42(71-8)20-14-38)52(49(45)60)75-34-39-15-21-43(72-9)22-16-39/h13-26,46,56H,11-12,27-36H2,1-10H3/q+1/b62-50+/t46-,56-/m1/s1. The molecule has 1 aromatic heterocycles. The molecule has 3 aliphatic rings. The number of ketones is 1. The summed E-state index contributed by atoms with van der Waals surface area (Å²) in [6, 6.07) is 25.6. The number of ether oxygens (including phenoxy) is 6. The third-order valence-corrected chi connectivity index (χ3v) is 17.5. The van der Waals surface area contributed by atoms with Gasteiger partial charge in [-0.15, -0.1) is 11.8 Å². The van der Waals surface area contributed by atoms with E-state index in [-0.39, 0.29) is 77.0 Å². The minimum atomic E-state index is -0.761. The van der Waals surface area contributed by atoms with E-state index in [9.17, 15) is 19.2 Å². The molecular formula is C59H70ClN6O11S2+. The van der Waals surface area contributed by atoms with Gasteiger partial charge >= 0.3 is 5.97 Å². The van der Waals surface area contributed by atoms with Crippen molar-refractivity contribution in [3.8, 4) is 28.7 Å². The number of carbonyl (C=O) groups excluding carboxylic acids is 4. The number of methoxy groups -OCH3 is 3. The van der Waals surface area contributed by atoms with Crippen molar-refractivity contribution in [1.29, 1.82) is 0 Å². The Balaban J connectivity index is 1.02. The zero-order chi connectivity index (χ0) is 56.6. The number of rotatable bonds is 24. The zero-order valence-corrected chi connectivity index (χ0v) is 49.0. The summed E-state index contributed by atoms with van der Waals surface area (Å²) in [7, 11) is 6.55. The number of amides is 2. The van der Waals surface area contributed by atoms with Gasteiger partial charge in [0.1, 0.15) is 59.9 Å². The van der Waals surface area contributed by atoms with Gasteiger partial charge in [-0.3, -0.25) is 19.3 Å². The summed E-state index contributed by atoms with van der Waals surface area (Å²) in [5, 5.41) is 4.61. The summed E-state index contributed by atoms with van der Waals surface area (Å²) in [6.45, 7) is 14.9. The molecule has 3 aliphatic heterocycles. The molecule has 0 bridgehead atoms. The number of benzene rings is 4. The molecule has 4 heterocycles. The molecule has 17 nitrogen and oxygen atoms in total. The molecule has 2 amide bonds. The second kappa shape index (κ2) is 25.2. The fourth-order valence-electron chi connectivity index (χ4n) is 9.32. The van der Waals surface area contributed by atoms with Crippen molar-refractivity contribution in [3.63, 3.8) is 0 Å². The van der Waals surface area contributed by atoms with Crippen molar-refractivity contribution in [2.24, 2.45) is 16.5 Å². The van der Waals surface area contributed by atoms with Crippen molar-refractivity contribution in [2.75, 3.05) is 66.9 Å². The molecule has 4 aromatic carbocycles. The number of carbonyl (C=O) groups is 4. The Kier molecular flexibility index (Phi) is 18.7. The van der Waals surface area contributed by atoms with Gasteiger partial charge in [-0.1, -0.05) is 73.9 Å². The number of fused-ring (bicyclic) bond motifs is 1. The van der Waals surface area contributed by atoms with Crippen LogP contribution in [0.3, 0.4) is 0 Å². The number of aryl methyl sites for hydroxylation is 1. The van der Waals surface area contributed by atoms with Crippen molar-refractivity contribution >= 4 is 64.2 Å². The lowest BCUT2D eigenvalue weighted by atomic mass is 9.79. The second-order valence-corrected chi connectivity index (χ2v) is 24.0. The maximum atomic E-state index is 14.6. The Morgan fingerprint density at radius 1 is 0.810 bits per heavy atom. The fourth-order valence-corrected chi connectivity index (χ4v) is 11.5. The molecule has 0 radical (unpaired) electrons. The number of hydrogen-bond acceptors (Lipinski definition) is 16. The molecule has 0 spiro atoms. The van der Waals surface area contributed by atoms with E-state index in [1.54, 1.807) is 64.5 Å². The Bertz CT molecular complexity index is 3060. The number of hydrogen-bond donors (Lipinski definition) is 0. The lowest BCUT2D eigenvalue weighted by Gasteiger charge is -2.50. The van der Waals surface area contributed by atoms with Crippen LogP contribution in [-0.4, -0.2) is 131 Å². The molecule has 0 saturated carbocycles. The van der Waals surface area contributed by atoms with Crippen LogP contribution in [-0.2, 0) is 43.8 Å². The first-order chi connectivity index (χ1) is 37.7. The average Bonchev–Trinajstić information content (AvgIpc) is 4.23. The van der Waals surface area contributed by atoms with Gasteiger partial charge in [0.2, 0.25) is 5.91 Å². The number of oxime groups is 1. The maximum absolute atomic E-state index is 14.6. The molecule has 2 fully saturated rings. The lowest BCUT2D eigenvalue weighted by molar-refractivity contribution is -0.911. The molecule has 8 rings (SSSR count). The number of Topliss-reactive ketones (excluding diaryl/α,β-unsaturated/α-hetero) is 1. The Hall–Kier alpha value is -6.67. The van der Waals surface area contributed by atoms with Crippen molar-refractivity contribution < 1.29 is 56.9 Å². The molecule has 2 saturated heterocycles. The number of likely N-dealkylation sites (N-methyl/N-ethyl adjacent to an activating group) is 1. The SMILES string of the molecule is COc1ccc(COC(=O)C2=C(C[N+]3(CCN(C)C(=O)c4ccc(OCc5ccc(OC)cc5)c(OCc5ccc(OC)cc5)c4Cl)CCCC3)CS[C@@H]3[C@H](CC(=O)/C(=N\OC(C)(C)C(C)(C)C)c4nsc(C)n4)C(=O)N23)cc1. The monoisotopic (exact) mass is 1140 g/mol. The predicted octanol–water partition coefficient (Wildman–Crippen LogP) is 10.1. The summed E-state index contributed by atoms with van der Waals surface area (Å²) in [5.41, 5.74) is 2.57. The summed E-state index contributed by atoms with van der Waals surface area (Å²) >= 11 is 9.81. The first-order valence-corrected chi connectivity index (χ1v) is 28.4. The number of halogens is 1. The highest BCUT2D eigenvalue weighted by molar-refractivity contribution is 8.00. The number of nitrogens with zero attached hydrogens (tertiary/aromatic N) is 6. The summed E-state index contributed by atoms with van der Waals surface area (Å²) in [5.74, 6) is 0.773. The van der Waals surface area contributed by atoms with E-state index in [1.165, 1.54) is 16.7 Å². The average molecular weight is 1140 g/mol. The van der Waals surface area contributed by atoms with Crippen molar-refractivity contribution in [3.05, 3.63) is 134 Å². The molecule has 2 atom stereocenters. The van der Waals surface area contributed by atoms with Gasteiger partial charge in [0.15, 0.2) is 28.8 Å². The van der Waals surface area contributed by atoms with E-state index in [0.29, 0.717) is 52.1 Å². The minimum absolute atomic E-state index is 0.0361. The quantitative estimate of drug-likeness (QED) is 0.0187. The Morgan fingerprint density at radius 3 is 1.92 bits per heavy atom. The number of esters is 1. The number of aromatic nitrogens is 2. The molecule has 5 aromatic rings. The molecule has 0 unspecified atom stereocenters. The largest absolute Gasteiger partial charge is 0.497 e. The number of β-lactam (4-membered cyclic amide) rings is 1. The van der Waals surface area contributed by atoms with Crippen molar-refractivity contribution in [1.82, 2.24) is 19.2 Å². The van der Waals surface area contributed by atoms with E-state index in [0.717, 1.165) is 65.5 Å². The predicted molar refractivity (Wildman–Crippen MR) is 304 cm³/mol. The molecule has 0 N–H and O–H groups in total. The van der Waals surface area contributed by atoms with E-state index >= 15 is 0 Å². The van der Waals surface area contributed by atoms with Gasteiger partial charge in [-0.05, 0) is 97.5 Å². The van der Waals surface area contributed by atoms with Crippen LogP contribution in [0.2, 0.25) is 5.02 Å². The van der Waals surface area contributed by atoms with Crippen LogP contribution in [0.4, 0.5) is 0 Å². The molecule has 79 heavy (non-hydrogen) atoms. The van der Waals surface area contributed by atoms with Gasteiger partial charge in [-0.25, -0.2) is 9.78 Å². The molecule has 420 valence electrons. The highest BCUT2D eigenvalue weighted by Crippen LogP contribution is 2.47. The van der Waals surface area contributed by atoms with Crippen LogP contribution < -0.4 is 23.7 Å². The van der Waals surface area contributed by atoms with E-state index in [1.807, 2.05) is 95.3 Å². The number of thioether (sulfide) groups is 1. The van der Waals surface area contributed by atoms with Gasteiger partial charge in [0, 0.05) is 43.1 Å². The van der Waals surface area contributed by atoms with Crippen LogP contribution in [0.5, 0.6) is 28.7 Å². The van der Waals surface area contributed by atoms with Crippen LogP contribution in [0.15, 0.2) is 101 Å². The molecular weight excluding hydrogens is 1070 g/mol. The maximum Gasteiger partial charge on any atom is 0.355 e. The Morgan fingerprint density at radius 2 is 1.38 bits per heavy atom. The Labute approximate surface area is 475 Å². The van der Waals surface area contributed by atoms with Gasteiger partial charge < -0.3 is 42.6 Å². The smallest absolute Gasteiger partial charge is 0.355 e. The topological polar surface area (TPSA) is 178 Å². The van der Waals surface area contributed by atoms with Crippen molar-refractivity contribution in [2.45, 2.75) is 91.6 Å². The number of quaternary nitrogens is 1. The van der Waals surface area contributed by atoms with Crippen LogP contribution in [0, 0.1) is 18.3 Å². The van der Waals surface area contributed by atoms with Crippen LogP contribution in [0.1, 0.15) is 91.8 Å². The van der Waals surface area contributed by atoms with E-state index in [2.05, 4.69) is 14.5 Å². The highest BCUT2D eigenvalue weighted by atomic mass is 35.5. The molecule has 0 aliphatic carbocycles. The van der Waals surface area contributed by atoms with E-state index < -0.39 is 28.6 Å². The first-order valence-electron chi connectivity index (χ1n) is 26.2. The third-order valence-electron chi connectivity index (χ3n) is 15.1. The summed E-state index contributed by atoms with van der Waals surface area (Å²) < 4.78 is 39.6. The first kappa shape index (κ1) is 58.5. The van der Waals surface area contributed by atoms with Crippen LogP contribution >= 0.6 is 34.9 Å². The fraction of sp³-hybridized carbons (Fsp3) is 0.441. The minimum Gasteiger partial charge on any atom is -0.497 e. The summed E-state index contributed by atoms with van der Waals surface area (Å²) in [6.07, 6.45) is 1.70. The van der Waals surface area contributed by atoms with Crippen LogP contribution in [0.25, 0.3) is 0 Å². The lowest BCUT2D eigenvalue weighted by Crippen LogP contribution is -2.63. The molecule has 20 heteroatoms. The van der Waals surface area contributed by atoms with Gasteiger partial charge in [0.05, 0.1) is 69.4 Å². The van der Waals surface area contributed by atoms with Gasteiger partial charge in [-0.2, -0.15) is 4.37 Å². The van der Waals surface area contributed by atoms with Gasteiger partial charge in [0.25, 0.3) is 5.91 Å². The summed E-state index contributed by atoms with van der Waals surface area (Å²) in [4.78, 5) is 71.5. The normalized spacial score (nSPS) is 17.1. The second-order valence-electron chi connectivity index (χ2n) is 21.6. The third kappa shape index (κ3) is 13.7. The van der Waals surface area contributed by atoms with E-state index in [4.69, 9.17) is 44.9 Å².